The first-order valence-electron chi connectivity index (χ1n) is 7.34. The van der Waals surface area contributed by atoms with Crippen LogP contribution in [0.25, 0.3) is 17.2 Å². The van der Waals surface area contributed by atoms with E-state index in [4.69, 9.17) is 0 Å². The lowest BCUT2D eigenvalue weighted by molar-refractivity contribution is 1.05. The standard InChI is InChI=1S/C21H16/c1-2-6-16(7-3-1)17-10-12-19(13-11-17)21-15-14-18-8-4-5-9-20(18)21/h1-15,21H. The average molecular weight is 268 g/mol. The van der Waals surface area contributed by atoms with Gasteiger partial charge >= 0.3 is 0 Å². The van der Waals surface area contributed by atoms with Crippen molar-refractivity contribution in [2.24, 2.45) is 0 Å². The summed E-state index contributed by atoms with van der Waals surface area (Å²) in [5, 5.41) is 0. The van der Waals surface area contributed by atoms with E-state index in [1.807, 2.05) is 0 Å². The maximum Gasteiger partial charge on any atom is 0.0278 e. The summed E-state index contributed by atoms with van der Waals surface area (Å²) in [4.78, 5) is 0. The summed E-state index contributed by atoms with van der Waals surface area (Å²) in [5.74, 6) is 0.394. The van der Waals surface area contributed by atoms with Crippen molar-refractivity contribution in [3.8, 4) is 11.1 Å². The molecule has 0 fully saturated rings. The SMILES string of the molecule is C1=CC(c2ccc(-c3ccccc3)cc2)c2ccccc21. The van der Waals surface area contributed by atoms with Gasteiger partial charge in [0.1, 0.15) is 0 Å². The van der Waals surface area contributed by atoms with Crippen molar-refractivity contribution in [1.82, 2.24) is 0 Å². The van der Waals surface area contributed by atoms with E-state index in [9.17, 15) is 0 Å². The molecule has 100 valence electrons. The second-order valence-corrected chi connectivity index (χ2v) is 5.45. The highest BCUT2D eigenvalue weighted by Crippen LogP contribution is 2.35. The molecule has 3 aromatic carbocycles. The minimum absolute atomic E-state index is 0.394. The third-order valence-electron chi connectivity index (χ3n) is 4.18. The monoisotopic (exact) mass is 268 g/mol. The first-order chi connectivity index (χ1) is 10.4. The van der Waals surface area contributed by atoms with Crippen molar-refractivity contribution in [1.29, 1.82) is 0 Å². The number of allylic oxidation sites excluding steroid dienone is 1. The molecule has 0 bridgehead atoms. The summed E-state index contributed by atoms with van der Waals surface area (Å²) in [6.07, 6.45) is 4.52. The fraction of sp³-hybridized carbons (Fsp3) is 0.0476. The zero-order chi connectivity index (χ0) is 14.1. The first kappa shape index (κ1) is 12.2. The molecule has 0 heterocycles. The topological polar surface area (TPSA) is 0 Å². The molecule has 0 N–H and O–H groups in total. The van der Waals surface area contributed by atoms with Crippen LogP contribution in [0.5, 0.6) is 0 Å². The summed E-state index contributed by atoms with van der Waals surface area (Å²) >= 11 is 0. The number of benzene rings is 3. The van der Waals surface area contributed by atoms with E-state index in [1.165, 1.54) is 27.8 Å². The molecule has 0 heteroatoms. The van der Waals surface area contributed by atoms with Crippen LogP contribution in [0, 0.1) is 0 Å². The van der Waals surface area contributed by atoms with Gasteiger partial charge in [-0.15, -0.1) is 0 Å². The van der Waals surface area contributed by atoms with E-state index < -0.39 is 0 Å². The second kappa shape index (κ2) is 5.06. The van der Waals surface area contributed by atoms with Crippen LogP contribution in [0.4, 0.5) is 0 Å². The van der Waals surface area contributed by atoms with Crippen LogP contribution < -0.4 is 0 Å². The highest BCUT2D eigenvalue weighted by atomic mass is 14.2. The van der Waals surface area contributed by atoms with E-state index >= 15 is 0 Å². The quantitative estimate of drug-likeness (QED) is 0.574. The third-order valence-corrected chi connectivity index (χ3v) is 4.18. The van der Waals surface area contributed by atoms with Gasteiger partial charge in [-0.1, -0.05) is 91.0 Å². The Morgan fingerprint density at radius 2 is 1.24 bits per heavy atom. The third kappa shape index (κ3) is 2.19. The van der Waals surface area contributed by atoms with Crippen LogP contribution in [0.1, 0.15) is 22.6 Å². The van der Waals surface area contributed by atoms with Gasteiger partial charge < -0.3 is 0 Å². The molecular weight excluding hydrogens is 252 g/mol. The number of hydrogen-bond donors (Lipinski definition) is 0. The van der Waals surface area contributed by atoms with Crippen LogP contribution in [0.2, 0.25) is 0 Å². The lowest BCUT2D eigenvalue weighted by atomic mass is 9.92. The fourth-order valence-corrected chi connectivity index (χ4v) is 3.05. The van der Waals surface area contributed by atoms with Gasteiger partial charge in [0.2, 0.25) is 0 Å². The molecule has 0 amide bonds. The molecule has 3 aromatic rings. The predicted molar refractivity (Wildman–Crippen MR) is 89.2 cm³/mol. The number of rotatable bonds is 2. The summed E-state index contributed by atoms with van der Waals surface area (Å²) in [5.41, 5.74) is 6.65. The Balaban J connectivity index is 1.68. The number of fused-ring (bicyclic) bond motifs is 1. The molecule has 21 heavy (non-hydrogen) atoms. The van der Waals surface area contributed by atoms with Crippen molar-refractivity contribution >= 4 is 6.08 Å². The van der Waals surface area contributed by atoms with Crippen molar-refractivity contribution in [3.63, 3.8) is 0 Å². The van der Waals surface area contributed by atoms with E-state index in [0.717, 1.165) is 0 Å². The highest BCUT2D eigenvalue weighted by Gasteiger charge is 2.18. The minimum Gasteiger partial charge on any atom is -0.0720 e. The Morgan fingerprint density at radius 3 is 2.05 bits per heavy atom. The van der Waals surface area contributed by atoms with E-state index in [1.54, 1.807) is 0 Å². The maximum atomic E-state index is 2.29. The molecule has 0 spiro atoms. The molecule has 4 rings (SSSR count). The molecule has 1 unspecified atom stereocenters. The van der Waals surface area contributed by atoms with Crippen molar-refractivity contribution in [2.75, 3.05) is 0 Å². The summed E-state index contributed by atoms with van der Waals surface area (Å²) in [6.45, 7) is 0. The largest absolute Gasteiger partial charge is 0.0720 e. The fourth-order valence-electron chi connectivity index (χ4n) is 3.05. The Bertz CT molecular complexity index is 780. The van der Waals surface area contributed by atoms with Gasteiger partial charge in [-0.05, 0) is 27.8 Å². The lowest BCUT2D eigenvalue weighted by Crippen LogP contribution is -1.95. The Kier molecular flexibility index (Phi) is 2.93. The molecule has 1 aliphatic carbocycles. The van der Waals surface area contributed by atoms with E-state index in [2.05, 4.69) is 91.0 Å². The molecule has 0 radical (unpaired) electrons. The smallest absolute Gasteiger partial charge is 0.0278 e. The van der Waals surface area contributed by atoms with Crippen molar-refractivity contribution in [3.05, 3.63) is 102 Å². The van der Waals surface area contributed by atoms with Crippen molar-refractivity contribution in [2.45, 2.75) is 5.92 Å². The molecule has 1 aliphatic rings. The lowest BCUT2D eigenvalue weighted by Gasteiger charge is -2.12. The van der Waals surface area contributed by atoms with Crippen LogP contribution in [-0.2, 0) is 0 Å². The minimum atomic E-state index is 0.394. The molecule has 0 aliphatic heterocycles. The van der Waals surface area contributed by atoms with Crippen LogP contribution in [-0.4, -0.2) is 0 Å². The predicted octanol–water partition coefficient (Wildman–Crippen LogP) is 5.51. The normalized spacial score (nSPS) is 15.9. The number of hydrogen-bond acceptors (Lipinski definition) is 0. The molecule has 1 atom stereocenters. The maximum absolute atomic E-state index is 2.29. The van der Waals surface area contributed by atoms with Gasteiger partial charge in [0, 0.05) is 5.92 Å². The van der Waals surface area contributed by atoms with Gasteiger partial charge in [-0.25, -0.2) is 0 Å². The average Bonchev–Trinajstić information content (AvgIpc) is 3.00. The first-order valence-corrected chi connectivity index (χ1v) is 7.34. The van der Waals surface area contributed by atoms with Gasteiger partial charge in [0.05, 0.1) is 0 Å². The van der Waals surface area contributed by atoms with Crippen LogP contribution in [0.3, 0.4) is 0 Å². The molecule has 0 nitrogen and oxygen atoms in total. The van der Waals surface area contributed by atoms with E-state index in [-0.39, 0.29) is 0 Å². The summed E-state index contributed by atoms with van der Waals surface area (Å²) < 4.78 is 0. The van der Waals surface area contributed by atoms with Crippen LogP contribution in [0.15, 0.2) is 84.9 Å². The Hall–Kier alpha value is -2.60. The molecule has 0 saturated heterocycles. The molecule has 0 saturated carbocycles. The second-order valence-electron chi connectivity index (χ2n) is 5.45. The van der Waals surface area contributed by atoms with Crippen LogP contribution >= 0.6 is 0 Å². The van der Waals surface area contributed by atoms with Gasteiger partial charge in [0.15, 0.2) is 0 Å². The summed E-state index contributed by atoms with van der Waals surface area (Å²) in [7, 11) is 0. The molecule has 0 aromatic heterocycles. The molecular formula is C21H16. The zero-order valence-corrected chi connectivity index (χ0v) is 11.7. The van der Waals surface area contributed by atoms with Gasteiger partial charge in [-0.3, -0.25) is 0 Å². The van der Waals surface area contributed by atoms with E-state index in [0.29, 0.717) is 5.92 Å². The Morgan fingerprint density at radius 1 is 0.571 bits per heavy atom. The highest BCUT2D eigenvalue weighted by molar-refractivity contribution is 5.67. The summed E-state index contributed by atoms with van der Waals surface area (Å²) in [6, 6.07) is 28.1. The van der Waals surface area contributed by atoms with Gasteiger partial charge in [0.25, 0.3) is 0 Å². The van der Waals surface area contributed by atoms with Gasteiger partial charge in [-0.2, -0.15) is 0 Å². The Labute approximate surface area is 125 Å². The van der Waals surface area contributed by atoms with Crippen molar-refractivity contribution < 1.29 is 0 Å². The zero-order valence-electron chi connectivity index (χ0n) is 11.7.